The molecule has 3 aromatic rings. The standard InChI is InChI=1S/C29H31F3N4O7S/c1-44(40,41)36(23-9-13-25(14-10-23)43-24-11-7-22(8-12-24)29(30,31)32)19-26(27(37)33-39)34-15-17-35(18-16-34)28(38)42-20-21-5-3-2-4-6-21/h2-14,26,39H,15-20H2,1H3,(H,33,37)/t26-/m0/s1. The van der Waals surface area contributed by atoms with Gasteiger partial charge in [0.05, 0.1) is 24.1 Å². The fraction of sp³-hybridized carbons (Fsp3) is 0.310. The molecule has 1 aliphatic rings. The number of amides is 2. The van der Waals surface area contributed by atoms with E-state index < -0.39 is 39.8 Å². The first-order valence-electron chi connectivity index (χ1n) is 13.4. The highest BCUT2D eigenvalue weighted by atomic mass is 32.2. The molecule has 2 N–H and O–H groups in total. The Labute approximate surface area is 252 Å². The number of rotatable bonds is 10. The van der Waals surface area contributed by atoms with Gasteiger partial charge in [-0.15, -0.1) is 0 Å². The molecular weight excluding hydrogens is 605 g/mol. The average molecular weight is 637 g/mol. The van der Waals surface area contributed by atoms with Gasteiger partial charge in [0.2, 0.25) is 10.0 Å². The van der Waals surface area contributed by atoms with Crippen LogP contribution in [0.15, 0.2) is 78.9 Å². The average Bonchev–Trinajstić information content (AvgIpc) is 3.00. The molecule has 11 nitrogen and oxygen atoms in total. The normalized spacial score (nSPS) is 14.9. The van der Waals surface area contributed by atoms with Crippen molar-refractivity contribution >= 4 is 27.7 Å². The maximum atomic E-state index is 12.8. The molecule has 1 saturated heterocycles. The lowest BCUT2D eigenvalue weighted by atomic mass is 10.2. The molecular formula is C29H31F3N4O7S. The van der Waals surface area contributed by atoms with Gasteiger partial charge < -0.3 is 14.4 Å². The molecule has 1 fully saturated rings. The maximum absolute atomic E-state index is 12.8. The topological polar surface area (TPSA) is 129 Å². The van der Waals surface area contributed by atoms with Gasteiger partial charge in [-0.1, -0.05) is 30.3 Å². The lowest BCUT2D eigenvalue weighted by molar-refractivity contribution is -0.137. The van der Waals surface area contributed by atoms with Gasteiger partial charge in [0.1, 0.15) is 24.1 Å². The van der Waals surface area contributed by atoms with Crippen molar-refractivity contribution < 1.29 is 45.9 Å². The number of hydrogen-bond acceptors (Lipinski definition) is 8. The predicted octanol–water partition coefficient (Wildman–Crippen LogP) is 4.09. The second kappa shape index (κ2) is 14.0. The van der Waals surface area contributed by atoms with Gasteiger partial charge >= 0.3 is 12.3 Å². The van der Waals surface area contributed by atoms with Gasteiger partial charge in [0.15, 0.2) is 0 Å². The van der Waals surface area contributed by atoms with E-state index in [4.69, 9.17) is 9.47 Å². The fourth-order valence-electron chi connectivity index (χ4n) is 4.58. The minimum Gasteiger partial charge on any atom is -0.457 e. The van der Waals surface area contributed by atoms with Crippen molar-refractivity contribution in [3.63, 3.8) is 0 Å². The quantitative estimate of drug-likeness (QED) is 0.252. The largest absolute Gasteiger partial charge is 0.457 e. The van der Waals surface area contributed by atoms with Crippen LogP contribution in [0.25, 0.3) is 0 Å². The van der Waals surface area contributed by atoms with E-state index in [0.29, 0.717) is 0 Å². The number of carbonyl (C=O) groups excluding carboxylic acids is 2. The van der Waals surface area contributed by atoms with Crippen LogP contribution in [-0.2, 0) is 32.3 Å². The van der Waals surface area contributed by atoms with Crippen LogP contribution in [0, 0.1) is 0 Å². The Bertz CT molecular complexity index is 1520. The molecule has 0 aromatic heterocycles. The Morgan fingerprint density at radius 1 is 0.932 bits per heavy atom. The third kappa shape index (κ3) is 8.61. The fourth-order valence-corrected chi connectivity index (χ4v) is 5.50. The van der Waals surface area contributed by atoms with E-state index in [-0.39, 0.29) is 56.5 Å². The van der Waals surface area contributed by atoms with E-state index in [0.717, 1.165) is 28.3 Å². The number of nitrogens with zero attached hydrogens (tertiary/aromatic N) is 3. The Kier molecular flexibility index (Phi) is 10.3. The number of hydrogen-bond donors (Lipinski definition) is 2. The Hall–Kier alpha value is -4.34. The SMILES string of the molecule is CS(=O)(=O)N(C[C@@H](C(=O)NO)N1CCN(C(=O)OCc2ccccc2)CC1)c1ccc(Oc2ccc(C(F)(F)F)cc2)cc1. The van der Waals surface area contributed by atoms with Crippen molar-refractivity contribution in [3.05, 3.63) is 90.0 Å². The van der Waals surface area contributed by atoms with E-state index in [1.165, 1.54) is 41.3 Å². The first-order valence-corrected chi connectivity index (χ1v) is 15.3. The number of anilines is 1. The monoisotopic (exact) mass is 636 g/mol. The first kappa shape index (κ1) is 32.6. The number of ether oxygens (including phenoxy) is 2. The summed E-state index contributed by atoms with van der Waals surface area (Å²) < 4.78 is 76.0. The zero-order valence-electron chi connectivity index (χ0n) is 23.6. The molecule has 236 valence electrons. The number of benzene rings is 3. The molecule has 0 bridgehead atoms. The number of alkyl halides is 3. The van der Waals surface area contributed by atoms with Gasteiger partial charge in [0, 0.05) is 26.2 Å². The van der Waals surface area contributed by atoms with Crippen molar-refractivity contribution in [2.24, 2.45) is 0 Å². The summed E-state index contributed by atoms with van der Waals surface area (Å²) >= 11 is 0. The van der Waals surface area contributed by atoms with Gasteiger partial charge in [-0.25, -0.2) is 18.7 Å². The summed E-state index contributed by atoms with van der Waals surface area (Å²) in [5.41, 5.74) is 1.79. The molecule has 1 heterocycles. The predicted molar refractivity (Wildman–Crippen MR) is 154 cm³/mol. The highest BCUT2D eigenvalue weighted by Gasteiger charge is 2.34. The van der Waals surface area contributed by atoms with E-state index in [2.05, 4.69) is 0 Å². The van der Waals surface area contributed by atoms with Crippen LogP contribution in [0.1, 0.15) is 11.1 Å². The van der Waals surface area contributed by atoms with Crippen LogP contribution < -0.4 is 14.5 Å². The molecule has 1 atom stereocenters. The number of nitrogens with one attached hydrogen (secondary N) is 1. The summed E-state index contributed by atoms with van der Waals surface area (Å²) in [6, 6.07) is 17.9. The third-order valence-electron chi connectivity index (χ3n) is 6.91. The lowest BCUT2D eigenvalue weighted by Crippen LogP contribution is -2.59. The summed E-state index contributed by atoms with van der Waals surface area (Å²) in [5, 5.41) is 9.42. The second-order valence-electron chi connectivity index (χ2n) is 9.97. The molecule has 0 spiro atoms. The maximum Gasteiger partial charge on any atom is 0.416 e. The Morgan fingerprint density at radius 2 is 1.50 bits per heavy atom. The summed E-state index contributed by atoms with van der Waals surface area (Å²) in [7, 11) is -3.93. The van der Waals surface area contributed by atoms with Crippen molar-refractivity contribution in [1.82, 2.24) is 15.3 Å². The minimum absolute atomic E-state index is 0.104. The molecule has 2 amide bonds. The van der Waals surface area contributed by atoms with Crippen LogP contribution in [0.5, 0.6) is 11.5 Å². The van der Waals surface area contributed by atoms with Gasteiger partial charge in [-0.3, -0.25) is 19.2 Å². The van der Waals surface area contributed by atoms with E-state index in [1.807, 2.05) is 30.3 Å². The molecule has 0 saturated carbocycles. The molecule has 4 rings (SSSR count). The molecule has 0 unspecified atom stereocenters. The van der Waals surface area contributed by atoms with Crippen LogP contribution in [-0.4, -0.2) is 80.4 Å². The summed E-state index contributed by atoms with van der Waals surface area (Å²) in [5.74, 6) is -0.448. The molecule has 3 aromatic carbocycles. The van der Waals surface area contributed by atoms with Gasteiger partial charge in [-0.05, 0) is 54.1 Å². The van der Waals surface area contributed by atoms with Crippen LogP contribution in [0.4, 0.5) is 23.7 Å². The summed E-state index contributed by atoms with van der Waals surface area (Å²) in [6.07, 6.45) is -4.04. The minimum atomic E-state index is -4.48. The number of hydroxylamine groups is 1. The molecule has 44 heavy (non-hydrogen) atoms. The van der Waals surface area contributed by atoms with E-state index in [9.17, 15) is 36.4 Å². The number of sulfonamides is 1. The number of carbonyl (C=O) groups is 2. The second-order valence-corrected chi connectivity index (χ2v) is 11.9. The lowest BCUT2D eigenvalue weighted by Gasteiger charge is -2.39. The van der Waals surface area contributed by atoms with E-state index >= 15 is 0 Å². The Balaban J connectivity index is 1.41. The van der Waals surface area contributed by atoms with Crippen molar-refractivity contribution in [2.45, 2.75) is 18.8 Å². The van der Waals surface area contributed by atoms with Crippen molar-refractivity contribution in [3.8, 4) is 11.5 Å². The van der Waals surface area contributed by atoms with Gasteiger partial charge in [0.25, 0.3) is 5.91 Å². The number of halogens is 3. The van der Waals surface area contributed by atoms with Crippen LogP contribution in [0.3, 0.4) is 0 Å². The molecule has 1 aliphatic heterocycles. The molecule has 0 radical (unpaired) electrons. The zero-order valence-corrected chi connectivity index (χ0v) is 24.4. The smallest absolute Gasteiger partial charge is 0.416 e. The Morgan fingerprint density at radius 3 is 2.02 bits per heavy atom. The number of piperazine rings is 1. The van der Waals surface area contributed by atoms with E-state index in [1.54, 1.807) is 10.4 Å². The third-order valence-corrected chi connectivity index (χ3v) is 8.07. The highest BCUT2D eigenvalue weighted by Crippen LogP contribution is 2.32. The highest BCUT2D eigenvalue weighted by molar-refractivity contribution is 7.92. The van der Waals surface area contributed by atoms with Crippen LogP contribution >= 0.6 is 0 Å². The summed E-state index contributed by atoms with van der Waals surface area (Å²) in [4.78, 5) is 28.4. The first-order chi connectivity index (χ1) is 20.8. The molecule has 15 heteroatoms. The zero-order chi connectivity index (χ0) is 31.9. The van der Waals surface area contributed by atoms with Crippen LogP contribution in [0.2, 0.25) is 0 Å². The van der Waals surface area contributed by atoms with Crippen molar-refractivity contribution in [1.29, 1.82) is 0 Å². The summed E-state index contributed by atoms with van der Waals surface area (Å²) in [6.45, 7) is 0.567. The van der Waals surface area contributed by atoms with Crippen molar-refractivity contribution in [2.75, 3.05) is 43.3 Å². The van der Waals surface area contributed by atoms with Gasteiger partial charge in [-0.2, -0.15) is 13.2 Å². The molecule has 0 aliphatic carbocycles.